The van der Waals surface area contributed by atoms with Crippen LogP contribution in [0.3, 0.4) is 0 Å². The van der Waals surface area contributed by atoms with Crippen molar-refractivity contribution in [1.82, 2.24) is 0 Å². The molecular weight excluding hydrogens is 1650 g/mol. The average Bonchev–Trinajstić information content (AvgIpc) is 1.58. The molecule has 0 N–H and O–H groups in total. The molecule has 0 saturated carbocycles. The third-order valence-corrected chi connectivity index (χ3v) is 29.3. The van der Waals surface area contributed by atoms with E-state index >= 15 is 0 Å². The fourth-order valence-corrected chi connectivity index (χ4v) is 22.5. The van der Waals surface area contributed by atoms with Crippen LogP contribution in [0.2, 0.25) is 0 Å². The summed E-state index contributed by atoms with van der Waals surface area (Å²) in [6.45, 7) is 60.5. The lowest BCUT2D eigenvalue weighted by Crippen LogP contribution is -2.39. The van der Waals surface area contributed by atoms with Crippen LogP contribution in [0, 0.1) is 6.92 Å². The smallest absolute Gasteiger partial charge is 0.0457 e. The van der Waals surface area contributed by atoms with Crippen molar-refractivity contribution in [3.63, 3.8) is 0 Å². The first-order valence-corrected chi connectivity index (χ1v) is 50.0. The third kappa shape index (κ3) is 18.3. The van der Waals surface area contributed by atoms with Gasteiger partial charge in [-0.1, -0.05) is 364 Å². The maximum atomic E-state index is 2.55. The molecule has 694 valence electrons. The molecule has 4 aliphatic rings. The predicted octanol–water partition coefficient (Wildman–Crippen LogP) is 37.3. The quantitative estimate of drug-likeness (QED) is 0.101. The van der Waals surface area contributed by atoms with Crippen molar-refractivity contribution in [3.05, 3.63) is 431 Å². The lowest BCUT2D eigenvalue weighted by molar-refractivity contribution is 0.542. The van der Waals surface area contributed by atoms with Crippen molar-refractivity contribution in [2.75, 3.05) is 19.6 Å². The van der Waals surface area contributed by atoms with Gasteiger partial charge in [-0.15, -0.1) is 0 Å². The Morgan fingerprint density at radius 2 is 0.511 bits per heavy atom. The molecule has 16 aromatic carbocycles. The summed E-state index contributed by atoms with van der Waals surface area (Å²) in [7, 11) is 0. The number of fused-ring (bicyclic) bond motifs is 12. The maximum Gasteiger partial charge on any atom is 0.0457 e. The molecule has 0 atom stereocenters. The summed E-state index contributed by atoms with van der Waals surface area (Å²) in [5.41, 5.74) is 47.7. The van der Waals surface area contributed by atoms with Crippen molar-refractivity contribution in [2.45, 2.75) is 242 Å². The molecular formula is C133H142N4. The third-order valence-electron chi connectivity index (χ3n) is 29.3. The van der Waals surface area contributed by atoms with Crippen molar-refractivity contribution >= 4 is 45.5 Å². The number of rotatable bonds is 15. The summed E-state index contributed by atoms with van der Waals surface area (Å²) in [4.78, 5) is 10.1. The van der Waals surface area contributed by atoms with Crippen LogP contribution in [-0.4, -0.2) is 22.7 Å². The summed E-state index contributed by atoms with van der Waals surface area (Å²) in [5, 5.41) is 0. The Hall–Kier alpha value is -13.3. The number of anilines is 8. The highest BCUT2D eigenvalue weighted by Crippen LogP contribution is 2.58. The number of aryl methyl sites for hydroxylation is 2. The van der Waals surface area contributed by atoms with Crippen molar-refractivity contribution in [2.24, 2.45) is 0 Å². The Morgan fingerprint density at radius 3 is 0.839 bits per heavy atom. The number of nitrogens with zero attached hydrogens (tertiary/aromatic N) is 4. The Labute approximate surface area is 821 Å². The van der Waals surface area contributed by atoms with Crippen LogP contribution in [0.5, 0.6) is 0 Å². The van der Waals surface area contributed by atoms with E-state index in [1.807, 2.05) is 0 Å². The van der Waals surface area contributed by atoms with E-state index in [4.69, 9.17) is 0 Å². The molecule has 0 aliphatic heterocycles. The van der Waals surface area contributed by atoms with Gasteiger partial charge in [0.05, 0.1) is 0 Å². The van der Waals surface area contributed by atoms with Crippen molar-refractivity contribution < 1.29 is 0 Å². The minimum Gasteiger partial charge on any atom is -0.339 e. The van der Waals surface area contributed by atoms with Gasteiger partial charge in [-0.25, -0.2) is 0 Å². The van der Waals surface area contributed by atoms with Gasteiger partial charge in [-0.2, -0.15) is 0 Å². The number of hydrogen-bond donors (Lipinski definition) is 0. The molecule has 20 rings (SSSR count). The van der Waals surface area contributed by atoms with E-state index in [1.54, 1.807) is 0 Å². The highest BCUT2D eigenvalue weighted by molar-refractivity contribution is 5.92. The SMILES string of the molecule is CC(C)(C)c1cc2c(cc1N(c1cccc(-c3ccccc3)c1)C(C)(C)C)C(C)(C)c1ccccc1-2.CC(C)c1cc2c(cc1N(c1cccc(-c3ccccc3)c1)C(C)(C)C)C(C)(C)c1ccccc1-2.CCc1cc2c(cc1N(c1cccc(-c3ccccc3)c1)C(C)C)C(C)(C)c1ccccc1-2.Cc1cc2c(cc1N(c1cccc(-c3ccccc3)c1)C(C)(C)C)C(C)(C)c1ccccc1-2. The molecule has 4 aliphatic carbocycles. The van der Waals surface area contributed by atoms with Crippen LogP contribution in [0.25, 0.3) is 89.0 Å². The monoisotopic (exact) mass is 1800 g/mol. The Kier molecular flexibility index (Phi) is 25.8. The Morgan fingerprint density at radius 1 is 0.241 bits per heavy atom. The first-order valence-electron chi connectivity index (χ1n) is 50.0. The number of hydrogen-bond acceptors (Lipinski definition) is 4. The summed E-state index contributed by atoms with van der Waals surface area (Å²) in [6, 6.07) is 134. The van der Waals surface area contributed by atoms with E-state index in [0.717, 1.165) is 6.42 Å². The number of benzene rings is 16. The molecule has 0 saturated heterocycles. The molecule has 4 nitrogen and oxygen atoms in total. The first-order chi connectivity index (χ1) is 65.1. The van der Waals surface area contributed by atoms with E-state index in [1.165, 1.54) is 201 Å². The molecule has 4 heteroatoms. The normalized spacial score (nSPS) is 14.0. The minimum atomic E-state index is -0.112. The van der Waals surface area contributed by atoms with Gasteiger partial charge in [0.2, 0.25) is 0 Å². The van der Waals surface area contributed by atoms with Crippen LogP contribution in [0.1, 0.15) is 246 Å². The van der Waals surface area contributed by atoms with Gasteiger partial charge in [0, 0.05) is 89.8 Å². The van der Waals surface area contributed by atoms with Gasteiger partial charge in [-0.05, 0) is 354 Å². The summed E-state index contributed by atoms with van der Waals surface area (Å²) in [5.74, 6) is 0.410. The average molecular weight is 1800 g/mol. The Bertz CT molecular complexity index is 7110. The van der Waals surface area contributed by atoms with E-state index in [0.29, 0.717) is 12.0 Å². The largest absolute Gasteiger partial charge is 0.339 e. The van der Waals surface area contributed by atoms with Crippen molar-refractivity contribution in [1.29, 1.82) is 0 Å². The fraction of sp³-hybridized carbons (Fsp3) is 0.278. The zero-order chi connectivity index (χ0) is 97.4. The van der Waals surface area contributed by atoms with Gasteiger partial charge in [-0.3, -0.25) is 0 Å². The predicted molar refractivity (Wildman–Crippen MR) is 593 cm³/mol. The molecule has 16 aromatic rings. The van der Waals surface area contributed by atoms with Crippen LogP contribution < -0.4 is 19.6 Å². The second-order valence-electron chi connectivity index (χ2n) is 45.2. The first kappa shape index (κ1) is 95.4. The van der Waals surface area contributed by atoms with Crippen LogP contribution >= 0.6 is 0 Å². The standard InChI is InChI=1S/C35H39N.C34H37N.2C32H33N/c1-33(2,3)31-22-28-27-19-12-13-20-29(27)35(7,8)30(28)23-32(31)36(34(4,5)6)26-18-14-17-25(21-26)24-15-10-9-11-16-24;1-23(2)28-21-29-27-18-11-12-19-30(27)34(6,7)31(29)22-32(28)35(33(3,4)5)26-17-13-16-25(20-26)24-14-9-8-10-15-24;1-22-19-27-26-17-10-11-18-28(26)32(5,6)29(27)21-30(22)33(31(2,3)4)25-16-12-15-24(20-25)23-13-8-7-9-14-23;1-6-23-20-28-27-17-10-11-18-29(27)32(4,5)30(28)21-31(23)33(22(2)3)26-16-12-15-25(19-26)24-13-8-7-9-14-24/h9-23H,1-8H3;8-23H,1-7H3;7-21H,1-6H3;7-22H,6H2,1-5H3. The van der Waals surface area contributed by atoms with Gasteiger partial charge in [0.15, 0.2) is 0 Å². The van der Waals surface area contributed by atoms with Gasteiger partial charge in [0.1, 0.15) is 0 Å². The Balaban J connectivity index is 0.000000127. The molecule has 0 aromatic heterocycles. The van der Waals surface area contributed by atoms with E-state index in [9.17, 15) is 0 Å². The summed E-state index contributed by atoms with van der Waals surface area (Å²) in [6.07, 6.45) is 1.01. The molecule has 0 spiro atoms. The van der Waals surface area contributed by atoms with E-state index in [-0.39, 0.29) is 43.7 Å². The summed E-state index contributed by atoms with van der Waals surface area (Å²) >= 11 is 0. The molecule has 0 bridgehead atoms. The lowest BCUT2D eigenvalue weighted by Gasteiger charge is -2.42. The lowest BCUT2D eigenvalue weighted by atomic mass is 9.78. The molecule has 137 heavy (non-hydrogen) atoms. The maximum absolute atomic E-state index is 2.55. The fourth-order valence-electron chi connectivity index (χ4n) is 22.5. The molecule has 0 radical (unpaired) electrons. The minimum absolute atomic E-state index is 0.00147. The molecule has 0 heterocycles. The highest BCUT2D eigenvalue weighted by atomic mass is 15.2. The van der Waals surface area contributed by atoms with Gasteiger partial charge >= 0.3 is 0 Å². The van der Waals surface area contributed by atoms with Crippen LogP contribution in [0.4, 0.5) is 45.5 Å². The van der Waals surface area contributed by atoms with Gasteiger partial charge < -0.3 is 19.6 Å². The molecule has 0 fully saturated rings. The second kappa shape index (κ2) is 37.0. The second-order valence-corrected chi connectivity index (χ2v) is 45.2. The van der Waals surface area contributed by atoms with E-state index in [2.05, 4.69) is 564 Å². The highest BCUT2D eigenvalue weighted by Gasteiger charge is 2.44. The van der Waals surface area contributed by atoms with Crippen LogP contribution in [0.15, 0.2) is 364 Å². The summed E-state index contributed by atoms with van der Waals surface area (Å²) < 4.78 is 0. The zero-order valence-corrected chi connectivity index (χ0v) is 86.3. The van der Waals surface area contributed by atoms with Crippen LogP contribution in [-0.2, 0) is 33.5 Å². The van der Waals surface area contributed by atoms with Crippen molar-refractivity contribution in [3.8, 4) is 89.0 Å². The van der Waals surface area contributed by atoms with Gasteiger partial charge in [0.25, 0.3) is 0 Å². The molecule has 0 unspecified atom stereocenters. The zero-order valence-electron chi connectivity index (χ0n) is 86.3. The topological polar surface area (TPSA) is 13.0 Å². The molecule has 0 amide bonds. The van der Waals surface area contributed by atoms with E-state index < -0.39 is 0 Å².